The molecular weight excluding hydrogens is 212 g/mol. The fraction of sp³-hybridized carbons (Fsp3) is 0.800. The molecule has 0 amide bonds. The summed E-state index contributed by atoms with van der Waals surface area (Å²) in [6.45, 7) is 2.81. The molecule has 0 unspecified atom stereocenters. The minimum absolute atomic E-state index is 0.0115. The minimum atomic E-state index is -0.0115. The van der Waals surface area contributed by atoms with E-state index in [1.165, 1.54) is 25.7 Å². The molecule has 0 spiro atoms. The number of rotatable bonds is 0. The molecule has 0 aliphatic carbocycles. The van der Waals surface area contributed by atoms with Crippen molar-refractivity contribution in [3.8, 4) is 0 Å². The number of ether oxygens (including phenoxy) is 1. The van der Waals surface area contributed by atoms with E-state index in [2.05, 4.69) is 19.1 Å². The van der Waals surface area contributed by atoms with Gasteiger partial charge in [-0.05, 0) is 38.0 Å². The molecule has 2 nitrogen and oxygen atoms in total. The fourth-order valence-corrected chi connectivity index (χ4v) is 2.07. The number of allylic oxidation sites excluding steroid dienone is 2. The third kappa shape index (κ3) is 8.00. The summed E-state index contributed by atoms with van der Waals surface area (Å²) >= 11 is 0. The van der Waals surface area contributed by atoms with E-state index in [-0.39, 0.29) is 5.97 Å². The summed E-state index contributed by atoms with van der Waals surface area (Å²) in [4.78, 5) is 11.4. The lowest BCUT2D eigenvalue weighted by Gasteiger charge is -2.09. The monoisotopic (exact) mass is 238 g/mol. The van der Waals surface area contributed by atoms with Crippen molar-refractivity contribution < 1.29 is 9.53 Å². The SMILES string of the molecule is C[C@H]1CC=CCCCCCCCC(=O)OCC1. The van der Waals surface area contributed by atoms with E-state index in [9.17, 15) is 4.79 Å². The van der Waals surface area contributed by atoms with Crippen LogP contribution in [0.5, 0.6) is 0 Å². The van der Waals surface area contributed by atoms with Crippen molar-refractivity contribution in [1.82, 2.24) is 0 Å². The highest BCUT2D eigenvalue weighted by atomic mass is 16.5. The molecule has 2 heteroatoms. The summed E-state index contributed by atoms with van der Waals surface area (Å²) in [5.74, 6) is 0.604. The minimum Gasteiger partial charge on any atom is -0.466 e. The van der Waals surface area contributed by atoms with E-state index < -0.39 is 0 Å². The van der Waals surface area contributed by atoms with Crippen LogP contribution in [0.3, 0.4) is 0 Å². The standard InChI is InChI=1S/C15H26O2/c1-14-10-8-6-4-2-3-5-7-9-11-15(16)17-13-12-14/h6,8,14H,2-5,7,9-13H2,1H3/t14-/m0/s1. The van der Waals surface area contributed by atoms with Crippen molar-refractivity contribution in [2.45, 2.75) is 64.7 Å². The molecule has 0 aromatic rings. The first kappa shape index (κ1) is 14.3. The third-order valence-electron chi connectivity index (χ3n) is 3.33. The van der Waals surface area contributed by atoms with Gasteiger partial charge < -0.3 is 4.74 Å². The van der Waals surface area contributed by atoms with E-state index in [4.69, 9.17) is 4.74 Å². The second-order valence-electron chi connectivity index (χ2n) is 5.13. The molecule has 0 saturated carbocycles. The van der Waals surface area contributed by atoms with Gasteiger partial charge in [0, 0.05) is 6.42 Å². The Morgan fingerprint density at radius 3 is 2.76 bits per heavy atom. The number of cyclic esters (lactones) is 1. The van der Waals surface area contributed by atoms with Gasteiger partial charge in [-0.3, -0.25) is 4.79 Å². The van der Waals surface area contributed by atoms with Gasteiger partial charge in [0.15, 0.2) is 0 Å². The Bertz CT molecular complexity index is 233. The van der Waals surface area contributed by atoms with Gasteiger partial charge in [0.1, 0.15) is 0 Å². The maximum Gasteiger partial charge on any atom is 0.305 e. The van der Waals surface area contributed by atoms with Gasteiger partial charge in [-0.25, -0.2) is 0 Å². The average molecular weight is 238 g/mol. The van der Waals surface area contributed by atoms with Crippen molar-refractivity contribution in [3.63, 3.8) is 0 Å². The maximum absolute atomic E-state index is 11.4. The van der Waals surface area contributed by atoms with Crippen LogP contribution in [0.15, 0.2) is 12.2 Å². The highest BCUT2D eigenvalue weighted by Crippen LogP contribution is 2.12. The van der Waals surface area contributed by atoms with Crippen molar-refractivity contribution in [2.24, 2.45) is 5.92 Å². The van der Waals surface area contributed by atoms with Crippen LogP contribution in [-0.4, -0.2) is 12.6 Å². The number of hydrogen-bond acceptors (Lipinski definition) is 2. The first-order valence-electron chi connectivity index (χ1n) is 7.09. The van der Waals surface area contributed by atoms with Gasteiger partial charge in [0.2, 0.25) is 0 Å². The number of carbonyl (C=O) groups excluding carboxylic acids is 1. The Hall–Kier alpha value is -0.790. The van der Waals surface area contributed by atoms with Crippen LogP contribution in [-0.2, 0) is 9.53 Å². The summed E-state index contributed by atoms with van der Waals surface area (Å²) in [5.41, 5.74) is 0. The molecule has 17 heavy (non-hydrogen) atoms. The zero-order chi connectivity index (χ0) is 12.3. The van der Waals surface area contributed by atoms with Crippen LogP contribution < -0.4 is 0 Å². The van der Waals surface area contributed by atoms with Crippen LogP contribution >= 0.6 is 0 Å². The molecule has 1 aliphatic rings. The van der Waals surface area contributed by atoms with E-state index in [1.807, 2.05) is 0 Å². The molecule has 0 aromatic carbocycles. The number of hydrogen-bond donors (Lipinski definition) is 0. The van der Waals surface area contributed by atoms with Gasteiger partial charge in [-0.2, -0.15) is 0 Å². The smallest absolute Gasteiger partial charge is 0.305 e. The highest BCUT2D eigenvalue weighted by molar-refractivity contribution is 5.69. The van der Waals surface area contributed by atoms with Crippen molar-refractivity contribution >= 4 is 5.97 Å². The fourth-order valence-electron chi connectivity index (χ4n) is 2.07. The molecule has 0 fully saturated rings. The predicted octanol–water partition coefficient (Wildman–Crippen LogP) is 4.25. The second kappa shape index (κ2) is 9.26. The van der Waals surface area contributed by atoms with Gasteiger partial charge in [0.05, 0.1) is 6.61 Å². The van der Waals surface area contributed by atoms with Gasteiger partial charge in [-0.1, -0.05) is 38.3 Å². The lowest BCUT2D eigenvalue weighted by molar-refractivity contribution is -0.144. The molecule has 0 bridgehead atoms. The quantitative estimate of drug-likeness (QED) is 0.466. The summed E-state index contributed by atoms with van der Waals surface area (Å²) in [5, 5.41) is 0. The lowest BCUT2D eigenvalue weighted by atomic mass is 10.0. The van der Waals surface area contributed by atoms with E-state index in [0.717, 1.165) is 25.7 Å². The molecule has 0 saturated heterocycles. The van der Waals surface area contributed by atoms with E-state index in [0.29, 0.717) is 18.9 Å². The summed E-state index contributed by atoms with van der Waals surface area (Å²) in [6.07, 6.45) is 14.5. The Balaban J connectivity index is 2.29. The van der Waals surface area contributed by atoms with Crippen LogP contribution in [0.25, 0.3) is 0 Å². The van der Waals surface area contributed by atoms with Crippen molar-refractivity contribution in [3.05, 3.63) is 12.2 Å². The first-order valence-corrected chi connectivity index (χ1v) is 7.09. The predicted molar refractivity (Wildman–Crippen MR) is 70.8 cm³/mol. The van der Waals surface area contributed by atoms with Crippen molar-refractivity contribution in [2.75, 3.05) is 6.61 Å². The zero-order valence-electron chi connectivity index (χ0n) is 11.1. The topological polar surface area (TPSA) is 26.3 Å². The lowest BCUT2D eigenvalue weighted by Crippen LogP contribution is -2.08. The molecule has 0 aromatic heterocycles. The Morgan fingerprint density at radius 2 is 1.88 bits per heavy atom. The molecule has 1 atom stereocenters. The molecule has 0 N–H and O–H groups in total. The Labute approximate surface area is 105 Å². The van der Waals surface area contributed by atoms with Gasteiger partial charge in [0.25, 0.3) is 0 Å². The highest BCUT2D eigenvalue weighted by Gasteiger charge is 2.05. The van der Waals surface area contributed by atoms with Crippen LogP contribution in [0.2, 0.25) is 0 Å². The van der Waals surface area contributed by atoms with Crippen LogP contribution in [0, 0.1) is 5.92 Å². The molecule has 1 aliphatic heterocycles. The molecular formula is C15H26O2. The largest absolute Gasteiger partial charge is 0.466 e. The summed E-state index contributed by atoms with van der Waals surface area (Å²) in [7, 11) is 0. The summed E-state index contributed by atoms with van der Waals surface area (Å²) in [6, 6.07) is 0. The van der Waals surface area contributed by atoms with Crippen molar-refractivity contribution in [1.29, 1.82) is 0 Å². The van der Waals surface area contributed by atoms with Crippen LogP contribution in [0.4, 0.5) is 0 Å². The Morgan fingerprint density at radius 1 is 1.12 bits per heavy atom. The second-order valence-corrected chi connectivity index (χ2v) is 5.13. The van der Waals surface area contributed by atoms with E-state index >= 15 is 0 Å². The summed E-state index contributed by atoms with van der Waals surface area (Å²) < 4.78 is 5.23. The zero-order valence-corrected chi connectivity index (χ0v) is 11.1. The normalized spacial score (nSPS) is 25.7. The van der Waals surface area contributed by atoms with E-state index in [1.54, 1.807) is 0 Å². The molecule has 0 radical (unpaired) electrons. The Kier molecular flexibility index (Phi) is 7.78. The molecule has 98 valence electrons. The number of esters is 1. The number of carbonyl (C=O) groups is 1. The van der Waals surface area contributed by atoms with Crippen LogP contribution in [0.1, 0.15) is 64.7 Å². The maximum atomic E-state index is 11.4. The first-order chi connectivity index (χ1) is 8.29. The molecule has 1 heterocycles. The van der Waals surface area contributed by atoms with Gasteiger partial charge >= 0.3 is 5.97 Å². The average Bonchev–Trinajstić information content (AvgIpc) is 2.31. The third-order valence-corrected chi connectivity index (χ3v) is 3.33. The molecule has 1 rings (SSSR count). The van der Waals surface area contributed by atoms with Gasteiger partial charge in [-0.15, -0.1) is 0 Å².